The van der Waals surface area contributed by atoms with Gasteiger partial charge in [0.25, 0.3) is 0 Å². The van der Waals surface area contributed by atoms with E-state index >= 15 is 0 Å². The van der Waals surface area contributed by atoms with Crippen LogP contribution in [-0.2, 0) is 15.2 Å². The van der Waals surface area contributed by atoms with Crippen molar-refractivity contribution >= 4 is 29.5 Å². The Labute approximate surface area is 199 Å². The molecule has 8 nitrogen and oxygen atoms in total. The largest absolute Gasteiger partial charge is 0.465 e. The van der Waals surface area contributed by atoms with Crippen molar-refractivity contribution in [3.05, 3.63) is 34.9 Å². The van der Waals surface area contributed by atoms with Gasteiger partial charge in [0.2, 0.25) is 11.8 Å². The highest BCUT2D eigenvalue weighted by Gasteiger charge is 2.50. The number of nitrogens with zero attached hydrogens (tertiary/aromatic N) is 2. The van der Waals surface area contributed by atoms with Gasteiger partial charge in [0, 0.05) is 36.6 Å². The van der Waals surface area contributed by atoms with Crippen LogP contribution < -0.4 is 5.32 Å². The summed E-state index contributed by atoms with van der Waals surface area (Å²) in [5.41, 5.74) is -0.982. The highest BCUT2D eigenvalue weighted by atomic mass is 35.5. The van der Waals surface area contributed by atoms with Gasteiger partial charge in [-0.15, -0.1) is 0 Å². The molecule has 2 aliphatic heterocycles. The van der Waals surface area contributed by atoms with E-state index in [-0.39, 0.29) is 24.3 Å². The van der Waals surface area contributed by atoms with Crippen molar-refractivity contribution in [1.29, 1.82) is 0 Å². The number of hydrogen-bond donors (Lipinski definition) is 3. The minimum absolute atomic E-state index is 0.140. The number of benzene rings is 1. The zero-order chi connectivity index (χ0) is 24.6. The fourth-order valence-electron chi connectivity index (χ4n) is 4.90. The van der Waals surface area contributed by atoms with Crippen LogP contribution in [0.2, 0.25) is 5.02 Å². The number of rotatable bonds is 5. The molecule has 2 fully saturated rings. The van der Waals surface area contributed by atoms with Crippen LogP contribution in [0.1, 0.15) is 46.1 Å². The van der Waals surface area contributed by atoms with Crippen LogP contribution in [0.5, 0.6) is 0 Å². The van der Waals surface area contributed by atoms with Crippen molar-refractivity contribution in [3.8, 4) is 0 Å². The molecule has 3 amide bonds. The number of carbonyl (C=O) groups is 3. The molecule has 2 saturated heterocycles. The lowest BCUT2D eigenvalue weighted by Crippen LogP contribution is -2.60. The molecule has 0 aromatic heterocycles. The molecule has 2 heterocycles. The molecule has 3 N–H and O–H groups in total. The number of amides is 3. The second-order valence-corrected chi connectivity index (χ2v) is 10.6. The normalized spacial score (nSPS) is 25.7. The van der Waals surface area contributed by atoms with Gasteiger partial charge in [-0.25, -0.2) is 4.79 Å². The molecule has 3 rings (SSSR count). The van der Waals surface area contributed by atoms with Gasteiger partial charge in [0.15, 0.2) is 0 Å². The molecule has 2 aliphatic rings. The van der Waals surface area contributed by atoms with Crippen molar-refractivity contribution < 1.29 is 24.6 Å². The summed E-state index contributed by atoms with van der Waals surface area (Å²) in [6, 6.07) is 6.43. The smallest absolute Gasteiger partial charge is 0.407 e. The second-order valence-electron chi connectivity index (χ2n) is 10.2. The summed E-state index contributed by atoms with van der Waals surface area (Å²) in [5, 5.41) is 24.2. The van der Waals surface area contributed by atoms with Gasteiger partial charge in [-0.1, -0.05) is 51.4 Å². The summed E-state index contributed by atoms with van der Waals surface area (Å²) in [6.07, 6.45) is -0.227. The number of piperidine rings is 1. The Morgan fingerprint density at radius 3 is 2.27 bits per heavy atom. The fraction of sp³-hybridized carbons (Fsp3) is 0.625. The zero-order valence-corrected chi connectivity index (χ0v) is 20.4. The summed E-state index contributed by atoms with van der Waals surface area (Å²) in [6.45, 7) is 8.77. The standard InChI is InChI=1S/C24H34ClN3O5/c1-15(2)19(26-20(29)16-9-11-27(13-16)22(31)32)21(30)28-12-10-24(33,23(3,4)14-28)17-5-7-18(25)8-6-17/h5-8,15-16,19,33H,9-14H2,1-4H3,(H,26,29)(H,31,32)/t16?,19-,24+/m1/s1. The predicted molar refractivity (Wildman–Crippen MR) is 125 cm³/mol. The summed E-state index contributed by atoms with van der Waals surface area (Å²) < 4.78 is 0. The van der Waals surface area contributed by atoms with E-state index in [9.17, 15) is 19.5 Å². The lowest BCUT2D eigenvalue weighted by Gasteiger charge is -2.51. The SMILES string of the molecule is CC(C)[C@@H](NC(=O)C1CCN(C(=O)O)C1)C(=O)N1CC[C@](O)(c2ccc(Cl)cc2)C(C)(C)C1. The summed E-state index contributed by atoms with van der Waals surface area (Å²) in [4.78, 5) is 40.3. The molecule has 3 atom stereocenters. The molecule has 1 aromatic rings. The van der Waals surface area contributed by atoms with E-state index in [1.54, 1.807) is 17.0 Å². The van der Waals surface area contributed by atoms with Crippen molar-refractivity contribution in [2.45, 2.75) is 52.2 Å². The average Bonchev–Trinajstić information content (AvgIpc) is 3.24. The maximum atomic E-state index is 13.5. The molecule has 1 unspecified atom stereocenters. The molecule has 182 valence electrons. The Hall–Kier alpha value is -2.32. The van der Waals surface area contributed by atoms with Crippen LogP contribution in [0.3, 0.4) is 0 Å². The highest BCUT2D eigenvalue weighted by Crippen LogP contribution is 2.46. The van der Waals surface area contributed by atoms with E-state index in [2.05, 4.69) is 5.32 Å². The zero-order valence-electron chi connectivity index (χ0n) is 19.7. The van der Waals surface area contributed by atoms with Crippen molar-refractivity contribution in [2.24, 2.45) is 17.3 Å². The minimum atomic E-state index is -1.12. The third kappa shape index (κ3) is 5.11. The van der Waals surface area contributed by atoms with E-state index < -0.39 is 29.1 Å². The Kier molecular flexibility index (Phi) is 7.29. The van der Waals surface area contributed by atoms with Gasteiger partial charge in [-0.2, -0.15) is 0 Å². The van der Waals surface area contributed by atoms with E-state index in [1.165, 1.54) is 4.90 Å². The Bertz CT molecular complexity index is 904. The van der Waals surface area contributed by atoms with E-state index in [1.807, 2.05) is 39.8 Å². The number of nitrogens with one attached hydrogen (secondary N) is 1. The first kappa shape index (κ1) is 25.3. The third-order valence-corrected chi connectivity index (χ3v) is 7.39. The van der Waals surface area contributed by atoms with Crippen LogP contribution in [0.25, 0.3) is 0 Å². The number of hydrogen-bond acceptors (Lipinski definition) is 4. The van der Waals surface area contributed by atoms with Crippen LogP contribution in [0.15, 0.2) is 24.3 Å². The van der Waals surface area contributed by atoms with Crippen LogP contribution >= 0.6 is 11.6 Å². The van der Waals surface area contributed by atoms with Gasteiger partial charge in [-0.05, 0) is 36.5 Å². The minimum Gasteiger partial charge on any atom is -0.465 e. The van der Waals surface area contributed by atoms with Crippen molar-refractivity contribution in [3.63, 3.8) is 0 Å². The molecule has 0 spiro atoms. The monoisotopic (exact) mass is 479 g/mol. The highest BCUT2D eigenvalue weighted by molar-refractivity contribution is 6.30. The molecule has 9 heteroatoms. The molecule has 0 saturated carbocycles. The number of carbonyl (C=O) groups excluding carboxylic acids is 2. The fourth-order valence-corrected chi connectivity index (χ4v) is 5.03. The lowest BCUT2D eigenvalue weighted by atomic mass is 9.66. The molecular formula is C24H34ClN3O5. The van der Waals surface area contributed by atoms with E-state index in [0.717, 1.165) is 5.56 Å². The van der Waals surface area contributed by atoms with Crippen molar-refractivity contribution in [1.82, 2.24) is 15.1 Å². The third-order valence-electron chi connectivity index (χ3n) is 7.14. The molecule has 0 aliphatic carbocycles. The van der Waals surface area contributed by atoms with E-state index in [4.69, 9.17) is 16.7 Å². The number of carboxylic acid groups (broad SMARTS) is 1. The van der Waals surface area contributed by atoms with Gasteiger partial charge in [0.1, 0.15) is 6.04 Å². The molecule has 0 radical (unpaired) electrons. The summed E-state index contributed by atoms with van der Waals surface area (Å²) >= 11 is 6.01. The second kappa shape index (κ2) is 9.50. The summed E-state index contributed by atoms with van der Waals surface area (Å²) in [7, 11) is 0. The first-order valence-corrected chi connectivity index (χ1v) is 11.8. The van der Waals surface area contributed by atoms with Crippen LogP contribution in [-0.4, -0.2) is 70.1 Å². The Balaban J connectivity index is 1.70. The lowest BCUT2D eigenvalue weighted by molar-refractivity contribution is -0.157. The van der Waals surface area contributed by atoms with Gasteiger partial charge in [0.05, 0.1) is 11.5 Å². The molecule has 1 aromatic carbocycles. The predicted octanol–water partition coefficient (Wildman–Crippen LogP) is 2.93. The van der Waals surface area contributed by atoms with Gasteiger partial charge >= 0.3 is 6.09 Å². The van der Waals surface area contributed by atoms with Gasteiger partial charge in [-0.3, -0.25) is 9.59 Å². The number of aliphatic hydroxyl groups is 1. The quantitative estimate of drug-likeness (QED) is 0.601. The van der Waals surface area contributed by atoms with Crippen LogP contribution in [0.4, 0.5) is 4.79 Å². The first-order valence-electron chi connectivity index (χ1n) is 11.4. The molecular weight excluding hydrogens is 446 g/mol. The Morgan fingerprint density at radius 1 is 1.12 bits per heavy atom. The maximum absolute atomic E-state index is 13.5. The van der Waals surface area contributed by atoms with Crippen molar-refractivity contribution in [2.75, 3.05) is 26.2 Å². The molecule has 33 heavy (non-hydrogen) atoms. The maximum Gasteiger partial charge on any atom is 0.407 e. The topological polar surface area (TPSA) is 110 Å². The summed E-state index contributed by atoms with van der Waals surface area (Å²) in [5.74, 6) is -1.07. The van der Waals surface area contributed by atoms with E-state index in [0.29, 0.717) is 37.5 Å². The Morgan fingerprint density at radius 2 is 1.76 bits per heavy atom. The van der Waals surface area contributed by atoms with Crippen LogP contribution in [0, 0.1) is 17.3 Å². The first-order chi connectivity index (χ1) is 15.4. The van der Waals surface area contributed by atoms with Gasteiger partial charge < -0.3 is 25.3 Å². The number of likely N-dealkylation sites (tertiary alicyclic amines) is 2. The molecule has 0 bridgehead atoms. The average molecular weight is 480 g/mol. The number of halogens is 1.